The van der Waals surface area contributed by atoms with E-state index in [1.54, 1.807) is 36.5 Å². The predicted molar refractivity (Wildman–Crippen MR) is 142 cm³/mol. The number of hydrogen-bond donors (Lipinski definition) is 2. The van der Waals surface area contributed by atoms with Gasteiger partial charge >= 0.3 is 0 Å². The molecule has 2 N–H and O–H groups in total. The number of rotatable bonds is 4. The number of nitrogens with zero attached hydrogens (tertiary/aromatic N) is 6. The van der Waals surface area contributed by atoms with Crippen molar-refractivity contribution in [1.29, 1.82) is 0 Å². The van der Waals surface area contributed by atoms with Crippen LogP contribution in [0, 0.1) is 6.92 Å². The van der Waals surface area contributed by atoms with E-state index >= 15 is 0 Å². The molecule has 2 aromatic heterocycles. The molecular weight excluding hydrogens is 478 g/mol. The van der Waals surface area contributed by atoms with Crippen LogP contribution in [-0.4, -0.2) is 73.6 Å². The molecule has 1 unspecified atom stereocenters. The minimum absolute atomic E-state index is 0.131. The Bertz CT molecular complexity index is 1440. The number of hydrogen-bond acceptors (Lipinski definition) is 8. The van der Waals surface area contributed by atoms with Crippen LogP contribution in [0.2, 0.25) is 0 Å². The normalized spacial score (nSPS) is 18.3. The Morgan fingerprint density at radius 1 is 1.08 bits per heavy atom. The van der Waals surface area contributed by atoms with Gasteiger partial charge in [-0.05, 0) is 49.9 Å². The number of carbonyl (C=O) groups excluding carboxylic acids is 1. The van der Waals surface area contributed by atoms with Crippen LogP contribution in [-0.2, 0) is 9.71 Å². The predicted octanol–water partition coefficient (Wildman–Crippen LogP) is 2.73. The molecule has 1 amide bonds. The van der Waals surface area contributed by atoms with Crippen molar-refractivity contribution in [2.45, 2.75) is 30.8 Å². The standard InChI is InChI=1S/C25H29N7O3S/c1-16-5-6-20-19(13-16)24(34)31(3)21-15-27-25(29-23(21)30(20)2)28-22-14-18(7-10-26-22)36(4,35)32-11-8-17(33)9-12-32/h5-7,10,13-15,17,33H,4,8-9,11-12H2,1-3H3,(H,26,27,28,29). The summed E-state index contributed by atoms with van der Waals surface area (Å²) in [6, 6.07) is 9.13. The minimum Gasteiger partial charge on any atom is -0.393 e. The third-order valence-electron chi connectivity index (χ3n) is 6.66. The monoisotopic (exact) mass is 507 g/mol. The maximum Gasteiger partial charge on any atom is 0.260 e. The zero-order valence-electron chi connectivity index (χ0n) is 20.5. The largest absolute Gasteiger partial charge is 0.393 e. The number of aryl methyl sites for hydroxylation is 1. The van der Waals surface area contributed by atoms with Crippen LogP contribution in [0.3, 0.4) is 0 Å². The highest BCUT2D eigenvalue weighted by Crippen LogP contribution is 2.38. The lowest BCUT2D eigenvalue weighted by molar-refractivity contribution is 0.0994. The van der Waals surface area contributed by atoms with E-state index in [9.17, 15) is 14.1 Å². The fraction of sp³-hybridized carbons (Fsp3) is 0.320. The molecule has 0 aliphatic carbocycles. The average molecular weight is 508 g/mol. The average Bonchev–Trinajstić information content (AvgIpc) is 2.94. The van der Waals surface area contributed by atoms with Gasteiger partial charge in [0.1, 0.15) is 11.5 Å². The van der Waals surface area contributed by atoms with E-state index < -0.39 is 9.71 Å². The Kier molecular flexibility index (Phi) is 6.15. The number of aromatic nitrogens is 3. The molecule has 1 fully saturated rings. The van der Waals surface area contributed by atoms with Crippen LogP contribution in [0.25, 0.3) is 0 Å². The van der Waals surface area contributed by atoms with Gasteiger partial charge in [0.05, 0.1) is 33.3 Å². The van der Waals surface area contributed by atoms with E-state index in [1.807, 2.05) is 41.4 Å². The third kappa shape index (κ3) is 4.29. The lowest BCUT2D eigenvalue weighted by Gasteiger charge is -2.32. The summed E-state index contributed by atoms with van der Waals surface area (Å²) in [5.74, 6) is 5.15. The van der Waals surface area contributed by atoms with E-state index in [0.29, 0.717) is 59.7 Å². The first-order chi connectivity index (χ1) is 17.1. The first kappa shape index (κ1) is 24.2. The summed E-state index contributed by atoms with van der Waals surface area (Å²) in [4.78, 5) is 30.5. The van der Waals surface area contributed by atoms with Crippen LogP contribution in [0.4, 0.5) is 29.0 Å². The summed E-state index contributed by atoms with van der Waals surface area (Å²) in [5, 5.41) is 12.9. The van der Waals surface area contributed by atoms with Crippen LogP contribution in [0.15, 0.2) is 47.6 Å². The molecule has 3 aromatic rings. The van der Waals surface area contributed by atoms with E-state index in [-0.39, 0.29) is 12.0 Å². The molecule has 2 aliphatic rings. The molecule has 5 rings (SSSR count). The topological polar surface area (TPSA) is 115 Å². The molecule has 1 aromatic carbocycles. The smallest absolute Gasteiger partial charge is 0.260 e. The van der Waals surface area contributed by atoms with Crippen molar-refractivity contribution in [3.8, 4) is 0 Å². The van der Waals surface area contributed by atoms with Gasteiger partial charge in [0, 0.05) is 38.3 Å². The van der Waals surface area contributed by atoms with Crippen molar-refractivity contribution in [2.75, 3.05) is 42.3 Å². The molecule has 36 heavy (non-hydrogen) atoms. The maximum atomic E-state index is 13.5. The van der Waals surface area contributed by atoms with Crippen molar-refractivity contribution in [2.24, 2.45) is 0 Å². The zero-order chi connectivity index (χ0) is 25.6. The molecule has 0 saturated carbocycles. The summed E-state index contributed by atoms with van der Waals surface area (Å²) in [6.07, 6.45) is 3.95. The number of anilines is 5. The quantitative estimate of drug-likeness (QED) is 0.518. The number of pyridine rings is 1. The zero-order valence-corrected chi connectivity index (χ0v) is 21.3. The highest BCUT2D eigenvalue weighted by molar-refractivity contribution is 7.98. The van der Waals surface area contributed by atoms with Crippen molar-refractivity contribution < 1.29 is 14.1 Å². The lowest BCUT2D eigenvalue weighted by Crippen LogP contribution is -2.39. The second kappa shape index (κ2) is 9.16. The summed E-state index contributed by atoms with van der Waals surface area (Å²) in [5.41, 5.74) is 2.93. The summed E-state index contributed by atoms with van der Waals surface area (Å²) < 4.78 is 15.4. The fourth-order valence-electron chi connectivity index (χ4n) is 4.51. The summed E-state index contributed by atoms with van der Waals surface area (Å²) >= 11 is 0. The van der Waals surface area contributed by atoms with Gasteiger partial charge in [0.15, 0.2) is 5.82 Å². The number of fused-ring (bicyclic) bond motifs is 2. The van der Waals surface area contributed by atoms with E-state index in [0.717, 1.165) is 11.3 Å². The van der Waals surface area contributed by atoms with E-state index in [2.05, 4.69) is 21.2 Å². The van der Waals surface area contributed by atoms with Crippen LogP contribution in [0.1, 0.15) is 28.8 Å². The Labute approximate surface area is 210 Å². The Balaban J connectivity index is 1.45. The third-order valence-corrected chi connectivity index (χ3v) is 8.85. The Hall–Kier alpha value is -3.54. The number of benzene rings is 1. The number of carbonyl (C=O) groups is 1. The molecule has 0 bridgehead atoms. The molecule has 11 heteroatoms. The van der Waals surface area contributed by atoms with E-state index in [4.69, 9.17) is 4.98 Å². The minimum atomic E-state index is -2.73. The second-order valence-electron chi connectivity index (χ2n) is 9.15. The molecule has 0 radical (unpaired) electrons. The molecule has 1 atom stereocenters. The van der Waals surface area contributed by atoms with E-state index in [1.165, 1.54) is 0 Å². The first-order valence-corrected chi connectivity index (χ1v) is 13.4. The molecule has 2 aliphatic heterocycles. The van der Waals surface area contributed by atoms with Crippen molar-refractivity contribution in [3.63, 3.8) is 0 Å². The van der Waals surface area contributed by atoms with Gasteiger partial charge in [-0.15, -0.1) is 0 Å². The second-order valence-corrected chi connectivity index (χ2v) is 11.4. The molecule has 10 nitrogen and oxygen atoms in total. The van der Waals surface area contributed by atoms with Gasteiger partial charge in [-0.25, -0.2) is 18.5 Å². The Morgan fingerprint density at radius 2 is 1.83 bits per heavy atom. The number of aliphatic hydroxyl groups is 1. The van der Waals surface area contributed by atoms with Crippen molar-refractivity contribution >= 4 is 50.4 Å². The number of amides is 1. The summed E-state index contributed by atoms with van der Waals surface area (Å²) in [7, 11) is 0.841. The van der Waals surface area contributed by atoms with Crippen LogP contribution < -0.4 is 15.1 Å². The van der Waals surface area contributed by atoms with Crippen molar-refractivity contribution in [1.82, 2.24) is 19.3 Å². The molecular formula is C25H29N7O3S. The van der Waals surface area contributed by atoms with Gasteiger partial charge in [-0.3, -0.25) is 4.79 Å². The van der Waals surface area contributed by atoms with Crippen LogP contribution in [0.5, 0.6) is 0 Å². The highest BCUT2D eigenvalue weighted by atomic mass is 32.2. The van der Waals surface area contributed by atoms with Crippen molar-refractivity contribution in [3.05, 3.63) is 53.9 Å². The van der Waals surface area contributed by atoms with Gasteiger partial charge in [0.25, 0.3) is 5.91 Å². The fourth-order valence-corrected chi connectivity index (χ4v) is 6.17. The molecule has 0 spiro atoms. The van der Waals surface area contributed by atoms with Gasteiger partial charge < -0.3 is 20.2 Å². The summed E-state index contributed by atoms with van der Waals surface area (Å²) in [6.45, 7) is 2.98. The molecule has 1 saturated heterocycles. The lowest BCUT2D eigenvalue weighted by atomic mass is 10.1. The van der Waals surface area contributed by atoms with Gasteiger partial charge in [-0.2, -0.15) is 4.98 Å². The SMILES string of the molecule is C=S(=O)(c1ccnc(Nc2ncc3c(n2)N(C)c2ccc(C)cc2C(=O)N3C)c1)N1CCC(O)CC1. The number of aliphatic hydroxyl groups excluding tert-OH is 1. The molecule has 188 valence electrons. The van der Waals surface area contributed by atoms with Crippen LogP contribution >= 0.6 is 0 Å². The number of nitrogens with one attached hydrogen (secondary N) is 1. The first-order valence-electron chi connectivity index (χ1n) is 11.7. The van der Waals surface area contributed by atoms with Gasteiger partial charge in [-0.1, -0.05) is 11.6 Å². The Morgan fingerprint density at radius 3 is 2.58 bits per heavy atom. The maximum absolute atomic E-state index is 13.5. The van der Waals surface area contributed by atoms with Gasteiger partial charge in [0.2, 0.25) is 5.95 Å². The molecule has 4 heterocycles. The number of piperidine rings is 1. The highest BCUT2D eigenvalue weighted by Gasteiger charge is 2.29.